The van der Waals surface area contributed by atoms with E-state index in [0.29, 0.717) is 25.4 Å². The van der Waals surface area contributed by atoms with Crippen molar-refractivity contribution in [2.24, 2.45) is 0 Å². The average Bonchev–Trinajstić information content (AvgIpc) is 2.71. The fraction of sp³-hybridized carbons (Fsp3) is 0.500. The van der Waals surface area contributed by atoms with Crippen LogP contribution in [0, 0.1) is 10.1 Å². The molecule has 0 amide bonds. The number of nitrogens with one attached hydrogen (secondary N) is 1. The summed E-state index contributed by atoms with van der Waals surface area (Å²) in [5.41, 5.74) is 1.75. The predicted octanol–water partition coefficient (Wildman–Crippen LogP) is 6.39. The van der Waals surface area contributed by atoms with E-state index in [1.165, 1.54) is 6.07 Å². The Hall–Kier alpha value is -2.22. The second-order valence-electron chi connectivity index (χ2n) is 9.31. The van der Waals surface area contributed by atoms with E-state index in [0.717, 1.165) is 18.4 Å². The van der Waals surface area contributed by atoms with Gasteiger partial charge in [-0.15, -0.1) is 0 Å². The minimum absolute atomic E-state index is 0.000225. The lowest BCUT2D eigenvalue weighted by atomic mass is 10.1. The molecule has 170 valence electrons. The van der Waals surface area contributed by atoms with Gasteiger partial charge in [-0.1, -0.05) is 63.2 Å². The molecular weight excluding hydrogens is 408 g/mol. The SMILES string of the molecule is CC(C)(C)[Si](C)(C)OCC[C@@H](CCNc1ccccc1[N+](=O)[O-])OCc1ccccc1. The van der Waals surface area contributed by atoms with Crippen LogP contribution in [-0.2, 0) is 15.8 Å². The monoisotopic (exact) mass is 444 g/mol. The van der Waals surface area contributed by atoms with Crippen molar-refractivity contribution in [3.05, 3.63) is 70.3 Å². The normalized spacial score (nSPS) is 13.1. The van der Waals surface area contributed by atoms with Gasteiger partial charge in [0.25, 0.3) is 5.69 Å². The zero-order chi connectivity index (χ0) is 22.9. The lowest BCUT2D eigenvalue weighted by Gasteiger charge is -2.36. The summed E-state index contributed by atoms with van der Waals surface area (Å²) in [4.78, 5) is 10.9. The molecule has 0 unspecified atom stereocenters. The minimum Gasteiger partial charge on any atom is -0.417 e. The maximum atomic E-state index is 11.2. The molecule has 0 radical (unpaired) electrons. The highest BCUT2D eigenvalue weighted by molar-refractivity contribution is 6.74. The number of ether oxygens (including phenoxy) is 1. The molecule has 2 aromatic carbocycles. The van der Waals surface area contributed by atoms with Gasteiger partial charge in [0.15, 0.2) is 8.32 Å². The molecule has 7 heteroatoms. The van der Waals surface area contributed by atoms with Gasteiger partial charge in [-0.25, -0.2) is 0 Å². The smallest absolute Gasteiger partial charge is 0.292 e. The van der Waals surface area contributed by atoms with E-state index in [1.807, 2.05) is 18.2 Å². The van der Waals surface area contributed by atoms with Crippen molar-refractivity contribution in [3.8, 4) is 0 Å². The Bertz CT molecular complexity index is 822. The van der Waals surface area contributed by atoms with Crippen molar-refractivity contribution in [3.63, 3.8) is 0 Å². The van der Waals surface area contributed by atoms with Crippen LogP contribution in [0.3, 0.4) is 0 Å². The van der Waals surface area contributed by atoms with Crippen molar-refractivity contribution >= 4 is 19.7 Å². The quantitative estimate of drug-likeness (QED) is 0.233. The van der Waals surface area contributed by atoms with E-state index in [9.17, 15) is 10.1 Å². The van der Waals surface area contributed by atoms with Gasteiger partial charge in [0, 0.05) is 19.2 Å². The van der Waals surface area contributed by atoms with Crippen LogP contribution in [0.1, 0.15) is 39.2 Å². The summed E-state index contributed by atoms with van der Waals surface area (Å²) in [5.74, 6) is 0. The first-order valence-corrected chi connectivity index (χ1v) is 13.8. The second-order valence-corrected chi connectivity index (χ2v) is 14.1. The number of nitro groups is 1. The Morgan fingerprint density at radius 2 is 1.68 bits per heavy atom. The van der Waals surface area contributed by atoms with Crippen LogP contribution >= 0.6 is 0 Å². The van der Waals surface area contributed by atoms with Crippen LogP contribution in [-0.4, -0.2) is 32.5 Å². The molecule has 0 bridgehead atoms. The average molecular weight is 445 g/mol. The Labute approximate surface area is 187 Å². The van der Waals surface area contributed by atoms with Crippen LogP contribution in [0.2, 0.25) is 18.1 Å². The summed E-state index contributed by atoms with van der Waals surface area (Å²) >= 11 is 0. The largest absolute Gasteiger partial charge is 0.417 e. The van der Waals surface area contributed by atoms with Gasteiger partial charge in [-0.05, 0) is 42.6 Å². The summed E-state index contributed by atoms with van der Waals surface area (Å²) in [6.45, 7) is 13.0. The molecule has 0 aliphatic rings. The number of hydrogen-bond acceptors (Lipinski definition) is 5. The van der Waals surface area contributed by atoms with E-state index < -0.39 is 8.32 Å². The van der Waals surface area contributed by atoms with Gasteiger partial charge in [-0.3, -0.25) is 10.1 Å². The molecule has 1 N–H and O–H groups in total. The summed E-state index contributed by atoms with van der Waals surface area (Å²) in [7, 11) is -1.81. The minimum atomic E-state index is -1.81. The second kappa shape index (κ2) is 11.4. The molecule has 2 aromatic rings. The fourth-order valence-corrected chi connectivity index (χ4v) is 3.97. The predicted molar refractivity (Wildman–Crippen MR) is 129 cm³/mol. The van der Waals surface area contributed by atoms with Gasteiger partial charge in [0.2, 0.25) is 0 Å². The summed E-state index contributed by atoms with van der Waals surface area (Å²) in [5, 5.41) is 14.6. The molecule has 31 heavy (non-hydrogen) atoms. The van der Waals surface area contributed by atoms with E-state index in [4.69, 9.17) is 9.16 Å². The van der Waals surface area contributed by atoms with Crippen LogP contribution in [0.15, 0.2) is 54.6 Å². The van der Waals surface area contributed by atoms with E-state index in [2.05, 4.69) is 51.3 Å². The number of nitrogens with zero attached hydrogens (tertiary/aromatic N) is 1. The Balaban J connectivity index is 1.94. The van der Waals surface area contributed by atoms with Crippen LogP contribution in [0.25, 0.3) is 0 Å². The van der Waals surface area contributed by atoms with Crippen molar-refractivity contribution in [1.29, 1.82) is 0 Å². The first-order valence-electron chi connectivity index (χ1n) is 10.9. The molecule has 0 aromatic heterocycles. The highest BCUT2D eigenvalue weighted by atomic mass is 28.4. The van der Waals surface area contributed by atoms with Crippen molar-refractivity contribution in [2.75, 3.05) is 18.5 Å². The molecule has 0 saturated carbocycles. The van der Waals surface area contributed by atoms with Crippen molar-refractivity contribution < 1.29 is 14.1 Å². The van der Waals surface area contributed by atoms with E-state index in [-0.39, 0.29) is 21.8 Å². The highest BCUT2D eigenvalue weighted by Gasteiger charge is 2.37. The van der Waals surface area contributed by atoms with E-state index >= 15 is 0 Å². The zero-order valence-electron chi connectivity index (χ0n) is 19.4. The van der Waals surface area contributed by atoms with Gasteiger partial charge < -0.3 is 14.5 Å². The maximum absolute atomic E-state index is 11.2. The number of para-hydroxylation sites is 2. The number of benzene rings is 2. The molecule has 0 heterocycles. The van der Waals surface area contributed by atoms with Crippen LogP contribution < -0.4 is 5.32 Å². The van der Waals surface area contributed by atoms with Crippen molar-refractivity contribution in [1.82, 2.24) is 0 Å². The molecule has 6 nitrogen and oxygen atoms in total. The summed E-state index contributed by atoms with van der Waals surface area (Å²) in [6, 6.07) is 16.8. The Morgan fingerprint density at radius 1 is 1.03 bits per heavy atom. The Kier molecular flexibility index (Phi) is 9.22. The molecule has 2 rings (SSSR count). The Morgan fingerprint density at radius 3 is 2.32 bits per heavy atom. The number of hydrogen-bond donors (Lipinski definition) is 1. The zero-order valence-corrected chi connectivity index (χ0v) is 20.4. The molecule has 0 fully saturated rings. The molecule has 0 saturated heterocycles. The lowest BCUT2D eigenvalue weighted by Crippen LogP contribution is -2.41. The fourth-order valence-electron chi connectivity index (χ4n) is 2.91. The third kappa shape index (κ3) is 8.09. The molecular formula is C24H36N2O4Si. The van der Waals surface area contributed by atoms with E-state index in [1.54, 1.807) is 18.2 Å². The highest BCUT2D eigenvalue weighted by Crippen LogP contribution is 2.36. The third-order valence-corrected chi connectivity index (χ3v) is 10.5. The number of rotatable bonds is 12. The molecule has 0 spiro atoms. The third-order valence-electron chi connectivity index (χ3n) is 5.92. The van der Waals surface area contributed by atoms with Gasteiger partial charge in [-0.2, -0.15) is 0 Å². The molecule has 0 aliphatic carbocycles. The maximum Gasteiger partial charge on any atom is 0.292 e. The standard InChI is InChI=1S/C24H36N2O4Si/c1-24(2,3)31(4,5)30-18-16-21(29-19-20-11-7-6-8-12-20)15-17-25-22-13-9-10-14-23(22)26(27)28/h6-14,21,25H,15-19H2,1-5H3/t21-/m1/s1. The van der Waals surface area contributed by atoms with Crippen LogP contribution in [0.5, 0.6) is 0 Å². The van der Waals surface area contributed by atoms with Gasteiger partial charge >= 0.3 is 0 Å². The van der Waals surface area contributed by atoms with Gasteiger partial charge in [0.1, 0.15) is 5.69 Å². The molecule has 0 aliphatic heterocycles. The molecule has 1 atom stereocenters. The number of anilines is 1. The first kappa shape index (κ1) is 25.0. The topological polar surface area (TPSA) is 73.6 Å². The lowest BCUT2D eigenvalue weighted by molar-refractivity contribution is -0.384. The van der Waals surface area contributed by atoms with Gasteiger partial charge in [0.05, 0.1) is 17.6 Å². The van der Waals surface area contributed by atoms with Crippen molar-refractivity contribution in [2.45, 2.75) is 64.5 Å². The van der Waals surface area contributed by atoms with Crippen LogP contribution in [0.4, 0.5) is 11.4 Å². The summed E-state index contributed by atoms with van der Waals surface area (Å²) < 4.78 is 12.5. The first-order chi connectivity index (χ1) is 14.6. The number of nitro benzene ring substituents is 1. The summed E-state index contributed by atoms with van der Waals surface area (Å²) in [6.07, 6.45) is 1.53.